The zero-order valence-corrected chi connectivity index (χ0v) is 7.36. The second-order valence-electron chi connectivity index (χ2n) is 3.12. The summed E-state index contributed by atoms with van der Waals surface area (Å²) in [5.41, 5.74) is 0. The highest BCUT2D eigenvalue weighted by Gasteiger charge is 2.03. The van der Waals surface area contributed by atoms with Gasteiger partial charge in [0.2, 0.25) is 0 Å². The molecule has 3 nitrogen and oxygen atoms in total. The van der Waals surface area contributed by atoms with Gasteiger partial charge in [0.05, 0.1) is 6.33 Å². The Morgan fingerprint density at radius 2 is 2.27 bits per heavy atom. The van der Waals surface area contributed by atoms with E-state index in [1.54, 1.807) is 0 Å². The van der Waals surface area contributed by atoms with E-state index in [2.05, 4.69) is 35.5 Å². The van der Waals surface area contributed by atoms with E-state index in [0.717, 1.165) is 6.54 Å². The summed E-state index contributed by atoms with van der Waals surface area (Å²) in [6, 6.07) is 0.507. The summed E-state index contributed by atoms with van der Waals surface area (Å²) < 4.78 is 2.11. The summed E-state index contributed by atoms with van der Waals surface area (Å²) in [6.45, 7) is 3.23. The molecule has 0 aromatic carbocycles. The molecule has 0 aliphatic rings. The van der Waals surface area contributed by atoms with E-state index in [-0.39, 0.29) is 0 Å². The van der Waals surface area contributed by atoms with Crippen LogP contribution in [0.2, 0.25) is 0 Å². The monoisotopic (exact) mass is 153 g/mol. The summed E-state index contributed by atoms with van der Waals surface area (Å²) >= 11 is 0. The van der Waals surface area contributed by atoms with Crippen molar-refractivity contribution in [2.24, 2.45) is 0 Å². The molecular weight excluding hydrogens is 138 g/mol. The Bertz CT molecular complexity index is 191. The SMILES string of the molecule is CC(CN(C)C)n1ccnc1. The lowest BCUT2D eigenvalue weighted by Crippen LogP contribution is -2.21. The quantitative estimate of drug-likeness (QED) is 0.646. The maximum atomic E-state index is 3.99. The van der Waals surface area contributed by atoms with E-state index in [1.165, 1.54) is 0 Å². The van der Waals surface area contributed by atoms with Crippen molar-refractivity contribution in [2.45, 2.75) is 13.0 Å². The molecule has 62 valence electrons. The number of likely N-dealkylation sites (N-methyl/N-ethyl adjacent to an activating group) is 1. The van der Waals surface area contributed by atoms with Crippen LogP contribution in [0, 0.1) is 0 Å². The Balaban J connectivity index is 2.49. The Kier molecular flexibility index (Phi) is 2.65. The molecule has 0 saturated carbocycles. The molecule has 1 unspecified atom stereocenters. The zero-order chi connectivity index (χ0) is 8.27. The zero-order valence-electron chi connectivity index (χ0n) is 7.36. The highest BCUT2D eigenvalue weighted by Crippen LogP contribution is 2.04. The molecule has 0 radical (unpaired) electrons. The number of rotatable bonds is 3. The first kappa shape index (κ1) is 8.27. The van der Waals surface area contributed by atoms with Crippen LogP contribution >= 0.6 is 0 Å². The minimum atomic E-state index is 0.507. The molecule has 1 aromatic rings. The third-order valence-electron chi connectivity index (χ3n) is 1.66. The highest BCUT2D eigenvalue weighted by atomic mass is 15.1. The van der Waals surface area contributed by atoms with Gasteiger partial charge in [-0.25, -0.2) is 4.98 Å². The van der Waals surface area contributed by atoms with Crippen molar-refractivity contribution in [1.29, 1.82) is 0 Å². The Morgan fingerprint density at radius 1 is 1.55 bits per heavy atom. The molecule has 11 heavy (non-hydrogen) atoms. The summed E-state index contributed by atoms with van der Waals surface area (Å²) in [4.78, 5) is 6.17. The first-order valence-corrected chi connectivity index (χ1v) is 3.82. The van der Waals surface area contributed by atoms with Crippen LogP contribution in [0.3, 0.4) is 0 Å². The van der Waals surface area contributed by atoms with Crippen molar-refractivity contribution in [2.75, 3.05) is 20.6 Å². The van der Waals surface area contributed by atoms with Crippen molar-refractivity contribution in [1.82, 2.24) is 14.5 Å². The Morgan fingerprint density at radius 3 is 2.73 bits per heavy atom. The van der Waals surface area contributed by atoms with Crippen LogP contribution in [0.4, 0.5) is 0 Å². The lowest BCUT2D eigenvalue weighted by Gasteiger charge is -2.17. The van der Waals surface area contributed by atoms with Crippen molar-refractivity contribution in [3.63, 3.8) is 0 Å². The normalized spacial score (nSPS) is 13.8. The molecular formula is C8H15N3. The standard InChI is InChI=1S/C8H15N3/c1-8(6-10(2)3)11-5-4-9-7-11/h4-5,7-8H,6H2,1-3H3. The van der Waals surface area contributed by atoms with Gasteiger partial charge in [-0.2, -0.15) is 0 Å². The van der Waals surface area contributed by atoms with E-state index in [9.17, 15) is 0 Å². The molecule has 3 heteroatoms. The molecule has 1 heterocycles. The van der Waals surface area contributed by atoms with Crippen molar-refractivity contribution >= 4 is 0 Å². The van der Waals surface area contributed by atoms with Crippen LogP contribution in [-0.2, 0) is 0 Å². The van der Waals surface area contributed by atoms with Crippen LogP contribution < -0.4 is 0 Å². The average Bonchev–Trinajstić information content (AvgIpc) is 2.35. The second kappa shape index (κ2) is 3.53. The smallest absolute Gasteiger partial charge is 0.0948 e. The fourth-order valence-electron chi connectivity index (χ4n) is 1.15. The first-order valence-electron chi connectivity index (χ1n) is 3.82. The molecule has 0 bridgehead atoms. The van der Waals surface area contributed by atoms with Gasteiger partial charge < -0.3 is 9.47 Å². The Hall–Kier alpha value is -0.830. The van der Waals surface area contributed by atoms with Crippen LogP contribution in [0.25, 0.3) is 0 Å². The molecule has 0 spiro atoms. The van der Waals surface area contributed by atoms with Gasteiger partial charge in [0.25, 0.3) is 0 Å². The summed E-state index contributed by atoms with van der Waals surface area (Å²) in [5.74, 6) is 0. The van der Waals surface area contributed by atoms with Gasteiger partial charge in [-0.05, 0) is 21.0 Å². The molecule has 0 aliphatic carbocycles. The predicted octanol–water partition coefficient (Wildman–Crippen LogP) is 1.01. The van der Waals surface area contributed by atoms with Gasteiger partial charge >= 0.3 is 0 Å². The number of nitrogens with zero attached hydrogens (tertiary/aromatic N) is 3. The minimum absolute atomic E-state index is 0.507. The van der Waals surface area contributed by atoms with Crippen molar-refractivity contribution in [3.05, 3.63) is 18.7 Å². The third kappa shape index (κ3) is 2.35. The maximum Gasteiger partial charge on any atom is 0.0948 e. The number of hydrogen-bond donors (Lipinski definition) is 0. The van der Waals surface area contributed by atoms with Gasteiger partial charge in [0.1, 0.15) is 0 Å². The molecule has 1 rings (SSSR count). The van der Waals surface area contributed by atoms with Gasteiger partial charge in [-0.15, -0.1) is 0 Å². The predicted molar refractivity (Wildman–Crippen MR) is 45.5 cm³/mol. The summed E-state index contributed by atoms with van der Waals surface area (Å²) in [7, 11) is 4.15. The van der Waals surface area contributed by atoms with Gasteiger partial charge in [0.15, 0.2) is 0 Å². The minimum Gasteiger partial charge on any atom is -0.333 e. The number of imidazole rings is 1. The lowest BCUT2D eigenvalue weighted by molar-refractivity contribution is 0.337. The molecule has 1 aromatic heterocycles. The van der Waals surface area contributed by atoms with Crippen LogP contribution in [0.15, 0.2) is 18.7 Å². The molecule has 0 N–H and O–H groups in total. The number of aromatic nitrogens is 2. The third-order valence-corrected chi connectivity index (χ3v) is 1.66. The van der Waals surface area contributed by atoms with Crippen LogP contribution in [0.5, 0.6) is 0 Å². The van der Waals surface area contributed by atoms with Crippen molar-refractivity contribution in [3.8, 4) is 0 Å². The van der Waals surface area contributed by atoms with Crippen LogP contribution in [0.1, 0.15) is 13.0 Å². The molecule has 0 aliphatic heterocycles. The molecule has 1 atom stereocenters. The van der Waals surface area contributed by atoms with Crippen molar-refractivity contribution < 1.29 is 0 Å². The largest absolute Gasteiger partial charge is 0.333 e. The van der Waals surface area contributed by atoms with Gasteiger partial charge in [-0.3, -0.25) is 0 Å². The lowest BCUT2D eigenvalue weighted by atomic mass is 10.3. The van der Waals surface area contributed by atoms with E-state index in [0.29, 0.717) is 6.04 Å². The van der Waals surface area contributed by atoms with Gasteiger partial charge in [-0.1, -0.05) is 0 Å². The van der Waals surface area contributed by atoms with E-state index in [4.69, 9.17) is 0 Å². The van der Waals surface area contributed by atoms with E-state index in [1.807, 2.05) is 18.7 Å². The first-order chi connectivity index (χ1) is 5.20. The van der Waals surface area contributed by atoms with Crippen LogP contribution in [-0.4, -0.2) is 35.1 Å². The van der Waals surface area contributed by atoms with E-state index >= 15 is 0 Å². The average molecular weight is 153 g/mol. The molecule has 0 fully saturated rings. The summed E-state index contributed by atoms with van der Waals surface area (Å²) in [5, 5.41) is 0. The fraction of sp³-hybridized carbons (Fsp3) is 0.625. The fourth-order valence-corrected chi connectivity index (χ4v) is 1.15. The van der Waals surface area contributed by atoms with E-state index < -0.39 is 0 Å². The molecule has 0 amide bonds. The summed E-state index contributed by atoms with van der Waals surface area (Å²) in [6.07, 6.45) is 5.66. The van der Waals surface area contributed by atoms with Gasteiger partial charge in [0, 0.05) is 25.0 Å². The highest BCUT2D eigenvalue weighted by molar-refractivity contribution is 4.79. The molecule has 0 saturated heterocycles. The second-order valence-corrected chi connectivity index (χ2v) is 3.12. The maximum absolute atomic E-state index is 3.99. The topological polar surface area (TPSA) is 21.1 Å². The Labute approximate surface area is 67.7 Å². The number of hydrogen-bond acceptors (Lipinski definition) is 2.